The van der Waals surface area contributed by atoms with Crippen molar-refractivity contribution in [2.75, 3.05) is 10.6 Å². The average molecular weight is 468 g/mol. The number of nitrogens with one attached hydrogen (secondary N) is 2. The highest BCUT2D eigenvalue weighted by Gasteiger charge is 2.19. The van der Waals surface area contributed by atoms with Crippen molar-refractivity contribution >= 4 is 51.4 Å². The molecule has 2 heterocycles. The van der Waals surface area contributed by atoms with Crippen molar-refractivity contribution in [3.63, 3.8) is 0 Å². The van der Waals surface area contributed by atoms with E-state index in [0.717, 1.165) is 5.39 Å². The van der Waals surface area contributed by atoms with Gasteiger partial charge in [-0.1, -0.05) is 41.9 Å². The lowest BCUT2D eigenvalue weighted by Crippen LogP contribution is -2.26. The fourth-order valence-electron chi connectivity index (χ4n) is 3.53. The number of para-hydroxylation sites is 1. The minimum Gasteiger partial charge on any atom is -0.360 e. The highest BCUT2D eigenvalue weighted by Crippen LogP contribution is 2.29. The topological polar surface area (TPSA) is 88.9 Å². The van der Waals surface area contributed by atoms with Crippen LogP contribution in [0.4, 0.5) is 11.5 Å². The van der Waals surface area contributed by atoms with Gasteiger partial charge in [0, 0.05) is 18.3 Å². The van der Waals surface area contributed by atoms with E-state index in [4.69, 9.17) is 23.2 Å². The molecule has 32 heavy (non-hydrogen) atoms. The number of hydrogen-bond donors (Lipinski definition) is 2. The Labute approximate surface area is 194 Å². The van der Waals surface area contributed by atoms with Crippen molar-refractivity contribution in [2.24, 2.45) is 0 Å². The Kier molecular flexibility index (Phi) is 6.12. The molecule has 0 radical (unpaired) electrons. The lowest BCUT2D eigenvalue weighted by molar-refractivity contribution is -0.114. The third-order valence-electron chi connectivity index (χ3n) is 4.91. The maximum Gasteiger partial charge on any atom is 0.264 e. The first kappa shape index (κ1) is 21.8. The molecule has 1 atom stereocenters. The Morgan fingerprint density at radius 3 is 2.56 bits per heavy atom. The Bertz CT molecular complexity index is 1370. The summed E-state index contributed by atoms with van der Waals surface area (Å²) in [6, 6.07) is 16.2. The first-order chi connectivity index (χ1) is 15.3. The number of rotatable bonds is 5. The van der Waals surface area contributed by atoms with Gasteiger partial charge < -0.3 is 10.6 Å². The van der Waals surface area contributed by atoms with Crippen LogP contribution in [-0.4, -0.2) is 20.4 Å². The predicted octanol–water partition coefficient (Wildman–Crippen LogP) is 5.22. The Balaban J connectivity index is 1.89. The number of benzene rings is 2. The third-order valence-corrected chi connectivity index (χ3v) is 5.40. The van der Waals surface area contributed by atoms with Gasteiger partial charge in [0.05, 0.1) is 22.6 Å². The van der Waals surface area contributed by atoms with Crippen molar-refractivity contribution in [3.05, 3.63) is 87.1 Å². The number of anilines is 2. The number of fused-ring (bicyclic) bond motifs is 1. The molecule has 0 saturated carbocycles. The molecule has 0 bridgehead atoms. The van der Waals surface area contributed by atoms with Crippen LogP contribution in [0.5, 0.6) is 0 Å². The predicted molar refractivity (Wildman–Crippen MR) is 128 cm³/mol. The molecule has 0 aliphatic rings. The van der Waals surface area contributed by atoms with Gasteiger partial charge in [0.2, 0.25) is 11.2 Å². The maximum absolute atomic E-state index is 13.5. The van der Waals surface area contributed by atoms with Gasteiger partial charge in [-0.05, 0) is 48.2 Å². The van der Waals surface area contributed by atoms with Crippen molar-refractivity contribution in [1.82, 2.24) is 14.5 Å². The zero-order chi connectivity index (χ0) is 22.8. The molecule has 0 aliphatic heterocycles. The molecule has 2 aromatic carbocycles. The van der Waals surface area contributed by atoms with Crippen LogP contribution in [0, 0.1) is 0 Å². The number of pyridine rings is 1. The second-order valence-corrected chi connectivity index (χ2v) is 7.94. The third kappa shape index (κ3) is 4.30. The molecule has 2 N–H and O–H groups in total. The first-order valence-electron chi connectivity index (χ1n) is 9.81. The summed E-state index contributed by atoms with van der Waals surface area (Å²) in [7, 11) is 0. The molecule has 4 aromatic rings. The summed E-state index contributed by atoms with van der Waals surface area (Å²) < 4.78 is 1.62. The minimum atomic E-state index is -0.398. The van der Waals surface area contributed by atoms with E-state index in [1.165, 1.54) is 13.1 Å². The van der Waals surface area contributed by atoms with Crippen LogP contribution in [0.15, 0.2) is 65.6 Å². The van der Waals surface area contributed by atoms with Crippen LogP contribution in [0.25, 0.3) is 16.5 Å². The second-order valence-electron chi connectivity index (χ2n) is 7.20. The Hall–Kier alpha value is -3.42. The Morgan fingerprint density at radius 1 is 1.09 bits per heavy atom. The van der Waals surface area contributed by atoms with Gasteiger partial charge in [-0.2, -0.15) is 4.98 Å². The number of aromatic nitrogens is 3. The SMILES string of the molecule is CC(=O)Nc1cnc(Cl)nc1N[C@@H](C)c1cc2cccc(Cl)c2c(=O)n1-c1ccccc1. The van der Waals surface area contributed by atoms with E-state index in [-0.39, 0.29) is 16.8 Å². The van der Waals surface area contributed by atoms with Gasteiger partial charge in [-0.15, -0.1) is 0 Å². The molecule has 4 rings (SSSR count). The summed E-state index contributed by atoms with van der Waals surface area (Å²) in [5, 5.41) is 7.51. The number of nitrogens with zero attached hydrogens (tertiary/aromatic N) is 3. The lowest BCUT2D eigenvalue weighted by Gasteiger charge is -2.22. The summed E-state index contributed by atoms with van der Waals surface area (Å²) in [5.74, 6) is 0.0686. The molecule has 0 saturated heterocycles. The van der Waals surface area contributed by atoms with Crippen molar-refractivity contribution in [1.29, 1.82) is 0 Å². The minimum absolute atomic E-state index is 0.0274. The lowest BCUT2D eigenvalue weighted by atomic mass is 10.1. The van der Waals surface area contributed by atoms with Crippen molar-refractivity contribution in [2.45, 2.75) is 19.9 Å². The standard InChI is InChI=1S/C23H19Cl2N5O2/c1-13(27-21-18(28-14(2)31)12-26-23(25)29-21)19-11-15-7-6-10-17(24)20(15)22(32)30(19)16-8-4-3-5-9-16/h3-13H,1-2H3,(H,28,31)(H,26,27,29)/t13-/m0/s1. The van der Waals surface area contributed by atoms with Gasteiger partial charge in [-0.25, -0.2) is 4.98 Å². The summed E-state index contributed by atoms with van der Waals surface area (Å²) >= 11 is 12.4. The average Bonchev–Trinajstić information content (AvgIpc) is 2.75. The molecule has 9 heteroatoms. The zero-order valence-electron chi connectivity index (χ0n) is 17.3. The maximum atomic E-state index is 13.5. The van der Waals surface area contributed by atoms with Crippen LogP contribution in [0.1, 0.15) is 25.6 Å². The van der Waals surface area contributed by atoms with Gasteiger partial charge in [-0.3, -0.25) is 14.2 Å². The number of carbonyl (C=O) groups is 1. The molecular formula is C23H19Cl2N5O2. The van der Waals surface area contributed by atoms with Crippen molar-refractivity contribution in [3.8, 4) is 5.69 Å². The molecule has 0 aliphatic carbocycles. The van der Waals surface area contributed by atoms with E-state index in [1.807, 2.05) is 49.4 Å². The summed E-state index contributed by atoms with van der Waals surface area (Å²) in [6.07, 6.45) is 1.43. The number of amides is 1. The largest absolute Gasteiger partial charge is 0.360 e. The van der Waals surface area contributed by atoms with Crippen LogP contribution < -0.4 is 16.2 Å². The molecule has 0 unspecified atom stereocenters. The molecular weight excluding hydrogens is 449 g/mol. The molecule has 1 amide bonds. The number of hydrogen-bond acceptors (Lipinski definition) is 5. The second kappa shape index (κ2) is 8.98. The van der Waals surface area contributed by atoms with E-state index in [1.54, 1.807) is 16.7 Å². The fraction of sp³-hybridized carbons (Fsp3) is 0.130. The normalized spacial score (nSPS) is 11.9. The van der Waals surface area contributed by atoms with E-state index >= 15 is 0 Å². The van der Waals surface area contributed by atoms with E-state index in [2.05, 4.69) is 20.6 Å². The molecule has 7 nitrogen and oxygen atoms in total. The van der Waals surface area contributed by atoms with E-state index in [0.29, 0.717) is 33.3 Å². The molecule has 0 spiro atoms. The van der Waals surface area contributed by atoms with Gasteiger partial charge >= 0.3 is 0 Å². The van der Waals surface area contributed by atoms with Gasteiger partial charge in [0.25, 0.3) is 5.56 Å². The quantitative estimate of drug-likeness (QED) is 0.392. The Morgan fingerprint density at radius 2 is 1.84 bits per heavy atom. The van der Waals surface area contributed by atoms with Crippen LogP contribution in [0.2, 0.25) is 10.3 Å². The fourth-order valence-corrected chi connectivity index (χ4v) is 3.93. The van der Waals surface area contributed by atoms with Crippen molar-refractivity contribution < 1.29 is 4.79 Å². The molecule has 162 valence electrons. The van der Waals surface area contributed by atoms with E-state index < -0.39 is 6.04 Å². The number of carbonyl (C=O) groups excluding carboxylic acids is 1. The van der Waals surface area contributed by atoms with Crippen LogP contribution in [0.3, 0.4) is 0 Å². The smallest absolute Gasteiger partial charge is 0.264 e. The zero-order valence-corrected chi connectivity index (χ0v) is 18.8. The highest BCUT2D eigenvalue weighted by atomic mass is 35.5. The molecule has 2 aromatic heterocycles. The number of halogens is 2. The monoisotopic (exact) mass is 467 g/mol. The molecule has 0 fully saturated rings. The highest BCUT2D eigenvalue weighted by molar-refractivity contribution is 6.35. The first-order valence-corrected chi connectivity index (χ1v) is 10.6. The van der Waals surface area contributed by atoms with E-state index in [9.17, 15) is 9.59 Å². The van der Waals surface area contributed by atoms with Crippen LogP contribution in [-0.2, 0) is 4.79 Å². The van der Waals surface area contributed by atoms with Gasteiger partial charge in [0.15, 0.2) is 5.82 Å². The summed E-state index contributed by atoms with van der Waals surface area (Å²) in [6.45, 7) is 3.28. The van der Waals surface area contributed by atoms with Gasteiger partial charge in [0.1, 0.15) is 5.69 Å². The summed E-state index contributed by atoms with van der Waals surface area (Å²) in [4.78, 5) is 33.3. The van der Waals surface area contributed by atoms with Crippen LogP contribution >= 0.6 is 23.2 Å². The summed E-state index contributed by atoms with van der Waals surface area (Å²) in [5.41, 5.74) is 1.53.